The lowest BCUT2D eigenvalue weighted by molar-refractivity contribution is -0.137. The van der Waals surface area contributed by atoms with Gasteiger partial charge in [-0.25, -0.2) is 13.1 Å². The lowest BCUT2D eigenvalue weighted by Crippen LogP contribution is -2.41. The summed E-state index contributed by atoms with van der Waals surface area (Å²) in [5.74, 6) is -0.533. The summed E-state index contributed by atoms with van der Waals surface area (Å²) in [6.07, 6.45) is -3.25. The maximum atomic E-state index is 12.6. The van der Waals surface area contributed by atoms with Gasteiger partial charge in [-0.05, 0) is 31.0 Å². The first-order valence-electron chi connectivity index (χ1n) is 7.06. The standard InChI is InChI=1S/C14H19F3N2O3S/c1-3-11(4-2)19-13(20)9-18-23(21,22)12-7-5-6-10(8-12)14(15,16)17/h5-8,11,18H,3-4,9H2,1-2H3,(H,19,20). The van der Waals surface area contributed by atoms with Gasteiger partial charge in [-0.15, -0.1) is 0 Å². The summed E-state index contributed by atoms with van der Waals surface area (Å²) in [5.41, 5.74) is -1.07. The van der Waals surface area contributed by atoms with E-state index in [1.54, 1.807) is 0 Å². The molecule has 0 fully saturated rings. The largest absolute Gasteiger partial charge is 0.416 e. The summed E-state index contributed by atoms with van der Waals surface area (Å²) in [5, 5.41) is 2.63. The van der Waals surface area contributed by atoms with Gasteiger partial charge in [-0.3, -0.25) is 4.79 Å². The van der Waals surface area contributed by atoms with Gasteiger partial charge in [0.15, 0.2) is 0 Å². The van der Waals surface area contributed by atoms with E-state index in [0.29, 0.717) is 18.9 Å². The molecule has 1 aromatic rings. The van der Waals surface area contributed by atoms with Gasteiger partial charge in [0.05, 0.1) is 17.0 Å². The molecule has 23 heavy (non-hydrogen) atoms. The summed E-state index contributed by atoms with van der Waals surface area (Å²) < 4.78 is 63.8. The number of alkyl halides is 3. The minimum atomic E-state index is -4.64. The van der Waals surface area contributed by atoms with Crippen LogP contribution < -0.4 is 10.0 Å². The molecule has 0 atom stereocenters. The fourth-order valence-corrected chi connectivity index (χ4v) is 2.88. The van der Waals surface area contributed by atoms with Crippen LogP contribution in [0, 0.1) is 0 Å². The Balaban J connectivity index is 2.79. The van der Waals surface area contributed by atoms with Crippen molar-refractivity contribution in [3.05, 3.63) is 29.8 Å². The van der Waals surface area contributed by atoms with Crippen molar-refractivity contribution in [3.63, 3.8) is 0 Å². The Hall–Kier alpha value is -1.61. The number of sulfonamides is 1. The van der Waals surface area contributed by atoms with Gasteiger partial charge < -0.3 is 5.32 Å². The molecule has 0 unspecified atom stereocenters. The van der Waals surface area contributed by atoms with Crippen LogP contribution in [0.25, 0.3) is 0 Å². The number of amides is 1. The second-order valence-electron chi connectivity index (χ2n) is 4.93. The molecule has 1 amide bonds. The predicted octanol–water partition coefficient (Wildman–Crippen LogP) is 2.29. The van der Waals surface area contributed by atoms with Crippen molar-refractivity contribution in [1.29, 1.82) is 0 Å². The summed E-state index contributed by atoms with van der Waals surface area (Å²) in [6.45, 7) is 3.22. The molecule has 130 valence electrons. The smallest absolute Gasteiger partial charge is 0.352 e. The average molecular weight is 352 g/mol. The van der Waals surface area contributed by atoms with Crippen LogP contribution in [-0.4, -0.2) is 26.9 Å². The van der Waals surface area contributed by atoms with Crippen molar-refractivity contribution in [2.24, 2.45) is 0 Å². The molecule has 9 heteroatoms. The van der Waals surface area contributed by atoms with Crippen molar-refractivity contribution in [3.8, 4) is 0 Å². The second kappa shape index (κ2) is 7.78. The van der Waals surface area contributed by atoms with E-state index in [2.05, 4.69) is 5.32 Å². The van der Waals surface area contributed by atoms with Crippen LogP contribution in [0.2, 0.25) is 0 Å². The van der Waals surface area contributed by atoms with E-state index in [0.717, 1.165) is 18.2 Å². The van der Waals surface area contributed by atoms with Gasteiger partial charge in [0.2, 0.25) is 15.9 Å². The molecule has 0 heterocycles. The van der Waals surface area contributed by atoms with Crippen LogP contribution in [0.4, 0.5) is 13.2 Å². The third-order valence-corrected chi connectivity index (χ3v) is 4.64. The molecule has 0 spiro atoms. The van der Waals surface area contributed by atoms with Crippen molar-refractivity contribution >= 4 is 15.9 Å². The van der Waals surface area contributed by atoms with E-state index < -0.39 is 39.1 Å². The number of benzene rings is 1. The zero-order chi connectivity index (χ0) is 17.7. The molecule has 0 aliphatic rings. The monoisotopic (exact) mass is 352 g/mol. The zero-order valence-electron chi connectivity index (χ0n) is 12.8. The van der Waals surface area contributed by atoms with Crippen molar-refractivity contribution < 1.29 is 26.4 Å². The first kappa shape index (κ1) is 19.4. The fraction of sp³-hybridized carbons (Fsp3) is 0.500. The van der Waals surface area contributed by atoms with Gasteiger partial charge in [0.1, 0.15) is 0 Å². The maximum Gasteiger partial charge on any atom is 0.416 e. The third-order valence-electron chi connectivity index (χ3n) is 3.25. The first-order chi connectivity index (χ1) is 10.6. The van der Waals surface area contributed by atoms with E-state index in [1.807, 2.05) is 18.6 Å². The maximum absolute atomic E-state index is 12.6. The highest BCUT2D eigenvalue weighted by atomic mass is 32.2. The van der Waals surface area contributed by atoms with Crippen LogP contribution in [0.1, 0.15) is 32.3 Å². The molecule has 0 saturated carbocycles. The van der Waals surface area contributed by atoms with E-state index in [4.69, 9.17) is 0 Å². The van der Waals surface area contributed by atoms with E-state index in [-0.39, 0.29) is 6.04 Å². The molecular formula is C14H19F3N2O3S. The Bertz CT molecular complexity index is 641. The summed E-state index contributed by atoms with van der Waals surface area (Å²) >= 11 is 0. The quantitative estimate of drug-likeness (QED) is 0.791. The number of carbonyl (C=O) groups excluding carboxylic acids is 1. The zero-order valence-corrected chi connectivity index (χ0v) is 13.6. The molecule has 5 nitrogen and oxygen atoms in total. The Morgan fingerprint density at radius 2 is 1.83 bits per heavy atom. The second-order valence-corrected chi connectivity index (χ2v) is 6.70. The van der Waals surface area contributed by atoms with Crippen molar-refractivity contribution in [2.45, 2.75) is 43.8 Å². The fourth-order valence-electron chi connectivity index (χ4n) is 1.85. The summed E-state index contributed by atoms with van der Waals surface area (Å²) in [6, 6.07) is 3.28. The first-order valence-corrected chi connectivity index (χ1v) is 8.54. The van der Waals surface area contributed by atoms with E-state index in [1.165, 1.54) is 0 Å². The van der Waals surface area contributed by atoms with E-state index in [9.17, 15) is 26.4 Å². The van der Waals surface area contributed by atoms with Gasteiger partial charge >= 0.3 is 6.18 Å². The van der Waals surface area contributed by atoms with Crippen LogP contribution in [-0.2, 0) is 21.0 Å². The van der Waals surface area contributed by atoms with Gasteiger partial charge in [0, 0.05) is 6.04 Å². The number of rotatable bonds is 7. The molecule has 1 rings (SSSR count). The molecule has 0 saturated heterocycles. The number of hydrogen-bond donors (Lipinski definition) is 2. The highest BCUT2D eigenvalue weighted by Crippen LogP contribution is 2.30. The molecule has 0 radical (unpaired) electrons. The molecule has 2 N–H and O–H groups in total. The number of halogens is 3. The molecule has 0 bridgehead atoms. The topological polar surface area (TPSA) is 75.3 Å². The normalized spacial score (nSPS) is 12.4. The highest BCUT2D eigenvalue weighted by molar-refractivity contribution is 7.89. The number of carbonyl (C=O) groups is 1. The Morgan fingerprint density at radius 3 is 2.35 bits per heavy atom. The minimum absolute atomic E-state index is 0.0689. The van der Waals surface area contributed by atoms with Gasteiger partial charge in [0.25, 0.3) is 0 Å². The summed E-state index contributed by atoms with van der Waals surface area (Å²) in [7, 11) is -4.20. The lowest BCUT2D eigenvalue weighted by Gasteiger charge is -2.15. The third kappa shape index (κ3) is 5.83. The minimum Gasteiger partial charge on any atom is -0.352 e. The Kier molecular flexibility index (Phi) is 6.57. The van der Waals surface area contributed by atoms with E-state index >= 15 is 0 Å². The van der Waals surface area contributed by atoms with Crippen LogP contribution in [0.15, 0.2) is 29.2 Å². The van der Waals surface area contributed by atoms with Gasteiger partial charge in [-0.1, -0.05) is 19.9 Å². The highest BCUT2D eigenvalue weighted by Gasteiger charge is 2.31. The van der Waals surface area contributed by atoms with Crippen molar-refractivity contribution in [1.82, 2.24) is 10.0 Å². The lowest BCUT2D eigenvalue weighted by atomic mass is 10.2. The van der Waals surface area contributed by atoms with Gasteiger partial charge in [-0.2, -0.15) is 13.2 Å². The SMILES string of the molecule is CCC(CC)NC(=O)CNS(=O)(=O)c1cccc(C(F)(F)F)c1. The molecule has 0 aromatic heterocycles. The molecule has 1 aromatic carbocycles. The molecular weight excluding hydrogens is 333 g/mol. The summed E-state index contributed by atoms with van der Waals surface area (Å²) in [4.78, 5) is 11.1. The Labute approximate surface area is 133 Å². The van der Waals surface area contributed by atoms with Crippen LogP contribution in [0.5, 0.6) is 0 Å². The number of hydrogen-bond acceptors (Lipinski definition) is 3. The molecule has 0 aliphatic carbocycles. The average Bonchev–Trinajstić information content (AvgIpc) is 2.50. The van der Waals surface area contributed by atoms with Crippen LogP contribution in [0.3, 0.4) is 0 Å². The number of nitrogens with one attached hydrogen (secondary N) is 2. The van der Waals surface area contributed by atoms with Crippen LogP contribution >= 0.6 is 0 Å². The van der Waals surface area contributed by atoms with Crippen molar-refractivity contribution in [2.75, 3.05) is 6.54 Å². The Morgan fingerprint density at radius 1 is 1.22 bits per heavy atom. The predicted molar refractivity (Wildman–Crippen MR) is 79.1 cm³/mol. The molecule has 0 aliphatic heterocycles.